The number of halogens is 1. The van der Waals surface area contributed by atoms with Gasteiger partial charge in [0.15, 0.2) is 5.60 Å². The summed E-state index contributed by atoms with van der Waals surface area (Å²) in [5.74, 6) is 2.86. The van der Waals surface area contributed by atoms with Gasteiger partial charge in [-0.3, -0.25) is 10.1 Å². The monoisotopic (exact) mass is 331 g/mol. The number of hydrogen-bond donors (Lipinski definition) is 0. The van der Waals surface area contributed by atoms with Crippen molar-refractivity contribution >= 4 is 28.3 Å². The van der Waals surface area contributed by atoms with Crippen molar-refractivity contribution in [1.29, 1.82) is 0 Å². The van der Waals surface area contributed by atoms with Crippen LogP contribution in [-0.2, 0) is 0 Å². The summed E-state index contributed by atoms with van der Waals surface area (Å²) in [6.45, 7) is 3.44. The fraction of sp³-hybridized carbons (Fsp3) is 0.273. The molecule has 0 aromatic heterocycles. The molecule has 1 aromatic rings. The van der Waals surface area contributed by atoms with E-state index in [1.165, 1.54) is 6.07 Å². The normalized spacial score (nSPS) is 10.6. The lowest BCUT2D eigenvalue weighted by atomic mass is 10.1. The average Bonchev–Trinajstić information content (AvgIpc) is 2.20. The molecule has 0 radical (unpaired) electrons. The van der Waals surface area contributed by atoms with Gasteiger partial charge in [0.05, 0.1) is 14.6 Å². The van der Waals surface area contributed by atoms with E-state index >= 15 is 0 Å². The van der Waals surface area contributed by atoms with Crippen LogP contribution in [0.1, 0.15) is 13.8 Å². The highest BCUT2D eigenvalue weighted by atomic mass is 127. The lowest BCUT2D eigenvalue weighted by Gasteiger charge is -2.19. The second kappa shape index (κ2) is 4.70. The van der Waals surface area contributed by atoms with Crippen molar-refractivity contribution < 1.29 is 9.66 Å². The number of nitrogens with zero attached hydrogens (tertiary/aromatic N) is 1. The molecule has 0 amide bonds. The Morgan fingerprint density at radius 1 is 1.56 bits per heavy atom. The van der Waals surface area contributed by atoms with Gasteiger partial charge in [0, 0.05) is 0 Å². The first-order chi connectivity index (χ1) is 7.35. The molecule has 0 aliphatic rings. The van der Waals surface area contributed by atoms with Crippen molar-refractivity contribution in [3.05, 3.63) is 31.9 Å². The third-order valence-electron chi connectivity index (χ3n) is 1.83. The second-order valence-corrected chi connectivity index (χ2v) is 4.79. The molecular formula is C11H10INO3. The van der Waals surface area contributed by atoms with Crippen molar-refractivity contribution in [1.82, 2.24) is 0 Å². The molecule has 0 aliphatic carbocycles. The third-order valence-corrected chi connectivity index (χ3v) is 2.75. The predicted molar refractivity (Wildman–Crippen MR) is 69.4 cm³/mol. The maximum absolute atomic E-state index is 10.7. The molecule has 0 fully saturated rings. The molecule has 1 aromatic carbocycles. The Kier molecular flexibility index (Phi) is 3.75. The summed E-state index contributed by atoms with van der Waals surface area (Å²) in [4.78, 5) is 10.3. The van der Waals surface area contributed by atoms with Crippen LogP contribution in [0.15, 0.2) is 18.2 Å². The van der Waals surface area contributed by atoms with Gasteiger partial charge in [-0.2, -0.15) is 0 Å². The van der Waals surface area contributed by atoms with Gasteiger partial charge in [0.25, 0.3) is 5.69 Å². The topological polar surface area (TPSA) is 52.4 Å². The second-order valence-electron chi connectivity index (χ2n) is 3.63. The van der Waals surface area contributed by atoms with E-state index in [4.69, 9.17) is 11.2 Å². The van der Waals surface area contributed by atoms with Crippen molar-refractivity contribution in [2.45, 2.75) is 19.4 Å². The number of hydrogen-bond acceptors (Lipinski definition) is 3. The summed E-state index contributed by atoms with van der Waals surface area (Å²) < 4.78 is 6.02. The lowest BCUT2D eigenvalue weighted by molar-refractivity contribution is -0.385. The van der Waals surface area contributed by atoms with Crippen LogP contribution < -0.4 is 4.74 Å². The minimum Gasteiger partial charge on any atom is -0.475 e. The third kappa shape index (κ3) is 3.10. The smallest absolute Gasteiger partial charge is 0.286 e. The van der Waals surface area contributed by atoms with Crippen LogP contribution in [0.25, 0.3) is 0 Å². The SMILES string of the molecule is C#CC(C)(C)Oc1ccc(I)c([N+](=O)[O-])c1. The van der Waals surface area contributed by atoms with E-state index in [2.05, 4.69) is 5.92 Å². The molecule has 0 unspecified atom stereocenters. The lowest BCUT2D eigenvalue weighted by Crippen LogP contribution is -2.25. The minimum absolute atomic E-state index is 0.0194. The minimum atomic E-state index is -0.777. The van der Waals surface area contributed by atoms with Gasteiger partial charge < -0.3 is 4.74 Å². The first kappa shape index (κ1) is 12.8. The van der Waals surface area contributed by atoms with Crippen LogP contribution in [0.3, 0.4) is 0 Å². The highest BCUT2D eigenvalue weighted by Crippen LogP contribution is 2.27. The highest BCUT2D eigenvalue weighted by molar-refractivity contribution is 14.1. The van der Waals surface area contributed by atoms with E-state index in [0.29, 0.717) is 9.32 Å². The summed E-state index contributed by atoms with van der Waals surface area (Å²) >= 11 is 1.90. The van der Waals surface area contributed by atoms with Gasteiger partial charge in [0.2, 0.25) is 0 Å². The van der Waals surface area contributed by atoms with Gasteiger partial charge in [0.1, 0.15) is 5.75 Å². The van der Waals surface area contributed by atoms with E-state index in [9.17, 15) is 10.1 Å². The van der Waals surface area contributed by atoms with Gasteiger partial charge in [-0.15, -0.1) is 6.42 Å². The van der Waals surface area contributed by atoms with Crippen molar-refractivity contribution in [3.63, 3.8) is 0 Å². The molecule has 84 valence electrons. The number of rotatable bonds is 3. The Bertz CT molecular complexity index is 463. The van der Waals surface area contributed by atoms with E-state index < -0.39 is 10.5 Å². The summed E-state index contributed by atoms with van der Waals surface area (Å²) in [6, 6.07) is 4.66. The number of ether oxygens (including phenoxy) is 1. The molecule has 0 aliphatic heterocycles. The Morgan fingerprint density at radius 3 is 2.69 bits per heavy atom. The first-order valence-corrected chi connectivity index (χ1v) is 5.54. The van der Waals surface area contributed by atoms with Gasteiger partial charge in [-0.05, 0) is 48.6 Å². The van der Waals surface area contributed by atoms with Crippen molar-refractivity contribution in [3.8, 4) is 18.1 Å². The maximum Gasteiger partial charge on any atom is 0.286 e. The van der Waals surface area contributed by atoms with Crippen LogP contribution in [-0.4, -0.2) is 10.5 Å². The first-order valence-electron chi connectivity index (χ1n) is 4.46. The average molecular weight is 331 g/mol. The largest absolute Gasteiger partial charge is 0.475 e. The number of nitro groups is 1. The summed E-state index contributed by atoms with van der Waals surface area (Å²) in [5, 5.41) is 10.7. The van der Waals surface area contributed by atoms with Crippen molar-refractivity contribution in [2.24, 2.45) is 0 Å². The Hall–Kier alpha value is -1.29. The summed E-state index contributed by atoms with van der Waals surface area (Å²) in [7, 11) is 0. The van der Waals surface area contributed by atoms with Crippen molar-refractivity contribution in [2.75, 3.05) is 0 Å². The maximum atomic E-state index is 10.7. The molecule has 0 atom stereocenters. The van der Waals surface area contributed by atoms with E-state index in [1.54, 1.807) is 26.0 Å². The number of terminal acetylenes is 1. The van der Waals surface area contributed by atoms with E-state index in [0.717, 1.165) is 0 Å². The molecule has 4 nitrogen and oxygen atoms in total. The fourth-order valence-corrected chi connectivity index (χ4v) is 1.55. The molecule has 16 heavy (non-hydrogen) atoms. The van der Waals surface area contributed by atoms with Crippen LogP contribution in [0.2, 0.25) is 0 Å². The van der Waals surface area contributed by atoms with Gasteiger partial charge >= 0.3 is 0 Å². The molecule has 0 heterocycles. The Morgan fingerprint density at radius 2 is 2.19 bits per heavy atom. The summed E-state index contributed by atoms with van der Waals surface area (Å²) in [6.07, 6.45) is 5.27. The molecule has 0 bridgehead atoms. The number of benzene rings is 1. The molecular weight excluding hydrogens is 321 g/mol. The van der Waals surface area contributed by atoms with Gasteiger partial charge in [-0.25, -0.2) is 0 Å². The molecule has 0 saturated carbocycles. The molecule has 5 heteroatoms. The molecule has 0 saturated heterocycles. The standard InChI is InChI=1S/C11H10INO3/c1-4-11(2,3)16-8-5-6-9(12)10(7-8)13(14)15/h1,5-7H,2-3H3. The molecule has 1 rings (SSSR count). The van der Waals surface area contributed by atoms with Gasteiger partial charge in [-0.1, -0.05) is 5.92 Å². The van der Waals surface area contributed by atoms with Crippen LogP contribution in [0.4, 0.5) is 5.69 Å². The Balaban J connectivity index is 3.06. The summed E-state index contributed by atoms with van der Waals surface area (Å²) in [5.41, 5.74) is -0.758. The zero-order valence-electron chi connectivity index (χ0n) is 8.86. The zero-order valence-corrected chi connectivity index (χ0v) is 11.0. The van der Waals surface area contributed by atoms with Crippen LogP contribution in [0.5, 0.6) is 5.75 Å². The number of nitro benzene ring substituents is 1. The quantitative estimate of drug-likeness (QED) is 0.370. The molecule has 0 spiro atoms. The van der Waals surface area contributed by atoms with Crippen LogP contribution in [0, 0.1) is 26.0 Å². The predicted octanol–water partition coefficient (Wildman–Crippen LogP) is 2.99. The highest BCUT2D eigenvalue weighted by Gasteiger charge is 2.19. The van der Waals surface area contributed by atoms with E-state index in [-0.39, 0.29) is 5.69 Å². The zero-order chi connectivity index (χ0) is 12.3. The van der Waals surface area contributed by atoms with E-state index in [1.807, 2.05) is 22.6 Å². The molecule has 0 N–H and O–H groups in total. The van der Waals surface area contributed by atoms with Crippen LogP contribution >= 0.6 is 22.6 Å². The Labute approximate surface area is 107 Å². The fourth-order valence-electron chi connectivity index (χ4n) is 1.02.